The first-order valence-corrected chi connectivity index (χ1v) is 5.96. The smallest absolute Gasteiger partial charge is 0.153 e. The first kappa shape index (κ1) is 12.1. The highest BCUT2D eigenvalue weighted by molar-refractivity contribution is 6.30. The molecule has 2 heterocycles. The Balaban J connectivity index is 2.24. The molecule has 0 aliphatic carbocycles. The second-order valence-corrected chi connectivity index (χ2v) is 4.23. The average molecular weight is 251 g/mol. The molecule has 90 valence electrons. The number of aromatic nitrogens is 3. The van der Waals surface area contributed by atoms with Crippen LogP contribution in [0.25, 0.3) is 5.82 Å². The van der Waals surface area contributed by atoms with Gasteiger partial charge in [-0.3, -0.25) is 0 Å². The normalized spacial score (nSPS) is 10.8. The molecular formula is C12H15ClN4. The largest absolute Gasteiger partial charge is 0.313 e. The first-order valence-electron chi connectivity index (χ1n) is 5.58. The van der Waals surface area contributed by atoms with Crippen LogP contribution in [0, 0.1) is 6.92 Å². The second kappa shape index (κ2) is 5.29. The lowest BCUT2D eigenvalue weighted by atomic mass is 10.2. The zero-order chi connectivity index (χ0) is 12.3. The quantitative estimate of drug-likeness (QED) is 0.906. The summed E-state index contributed by atoms with van der Waals surface area (Å²) in [4.78, 5) is 4.51. The van der Waals surface area contributed by atoms with Crippen LogP contribution in [0.2, 0.25) is 5.02 Å². The van der Waals surface area contributed by atoms with Crippen LogP contribution in [0.1, 0.15) is 18.2 Å². The third-order valence-corrected chi connectivity index (χ3v) is 2.73. The van der Waals surface area contributed by atoms with E-state index < -0.39 is 0 Å². The van der Waals surface area contributed by atoms with Crippen LogP contribution in [0.5, 0.6) is 0 Å². The molecule has 0 aliphatic heterocycles. The Hall–Kier alpha value is -1.39. The fourth-order valence-electron chi connectivity index (χ4n) is 1.58. The van der Waals surface area contributed by atoms with E-state index in [1.807, 2.05) is 13.0 Å². The van der Waals surface area contributed by atoms with E-state index in [0.29, 0.717) is 5.02 Å². The molecule has 0 amide bonds. The van der Waals surface area contributed by atoms with E-state index in [9.17, 15) is 0 Å². The highest BCUT2D eigenvalue weighted by atomic mass is 35.5. The number of pyridine rings is 1. The molecule has 2 rings (SSSR count). The Kier molecular flexibility index (Phi) is 3.76. The number of nitrogens with zero attached hydrogens (tertiary/aromatic N) is 3. The third-order valence-electron chi connectivity index (χ3n) is 2.53. The van der Waals surface area contributed by atoms with Crippen molar-refractivity contribution in [3.63, 3.8) is 0 Å². The predicted octanol–water partition coefficient (Wildman–Crippen LogP) is 2.34. The molecule has 0 unspecified atom stereocenters. The van der Waals surface area contributed by atoms with E-state index in [0.717, 1.165) is 24.6 Å². The summed E-state index contributed by atoms with van der Waals surface area (Å²) >= 11 is 5.83. The average Bonchev–Trinajstić information content (AvgIpc) is 2.74. The molecule has 0 saturated heterocycles. The highest BCUT2D eigenvalue weighted by Crippen LogP contribution is 2.12. The van der Waals surface area contributed by atoms with Gasteiger partial charge in [-0.1, -0.05) is 24.6 Å². The van der Waals surface area contributed by atoms with Crippen LogP contribution in [-0.2, 0) is 6.54 Å². The standard InChI is InChI=1S/C12H15ClN4/c1-3-14-6-10-4-5-12(16-9(10)2)17-8-11(13)7-15-17/h4-5,7-8,14H,3,6H2,1-2H3. The lowest BCUT2D eigenvalue weighted by Crippen LogP contribution is -2.13. The van der Waals surface area contributed by atoms with Crippen molar-refractivity contribution in [2.75, 3.05) is 6.54 Å². The van der Waals surface area contributed by atoms with Gasteiger partial charge in [0.15, 0.2) is 5.82 Å². The summed E-state index contributed by atoms with van der Waals surface area (Å²) < 4.78 is 1.67. The van der Waals surface area contributed by atoms with Crippen molar-refractivity contribution in [2.45, 2.75) is 20.4 Å². The van der Waals surface area contributed by atoms with Crippen LogP contribution in [0.4, 0.5) is 0 Å². The molecule has 2 aromatic heterocycles. The Labute approximate surface area is 106 Å². The van der Waals surface area contributed by atoms with Crippen LogP contribution in [0.15, 0.2) is 24.5 Å². The highest BCUT2D eigenvalue weighted by Gasteiger charge is 2.04. The zero-order valence-electron chi connectivity index (χ0n) is 9.94. The van der Waals surface area contributed by atoms with Gasteiger partial charge in [-0.15, -0.1) is 0 Å². The van der Waals surface area contributed by atoms with Crippen molar-refractivity contribution in [3.05, 3.63) is 40.8 Å². The lowest BCUT2D eigenvalue weighted by Gasteiger charge is -2.07. The molecule has 0 atom stereocenters. The van der Waals surface area contributed by atoms with Crippen LogP contribution in [0.3, 0.4) is 0 Å². The van der Waals surface area contributed by atoms with Gasteiger partial charge in [0.1, 0.15) is 0 Å². The third kappa shape index (κ3) is 2.84. The number of rotatable bonds is 4. The molecule has 0 saturated carbocycles. The monoisotopic (exact) mass is 250 g/mol. The Morgan fingerprint density at radius 1 is 1.41 bits per heavy atom. The van der Waals surface area contributed by atoms with Crippen molar-refractivity contribution in [2.24, 2.45) is 0 Å². The van der Waals surface area contributed by atoms with E-state index >= 15 is 0 Å². The molecule has 4 nitrogen and oxygen atoms in total. The zero-order valence-corrected chi connectivity index (χ0v) is 10.7. The number of aryl methyl sites for hydroxylation is 1. The molecule has 5 heteroatoms. The van der Waals surface area contributed by atoms with Gasteiger partial charge in [0, 0.05) is 12.2 Å². The fraction of sp³-hybridized carbons (Fsp3) is 0.333. The van der Waals surface area contributed by atoms with E-state index in [1.54, 1.807) is 17.1 Å². The van der Waals surface area contributed by atoms with Crippen LogP contribution >= 0.6 is 11.6 Å². The van der Waals surface area contributed by atoms with E-state index in [4.69, 9.17) is 11.6 Å². The molecular weight excluding hydrogens is 236 g/mol. The summed E-state index contributed by atoms with van der Waals surface area (Å²) in [7, 11) is 0. The maximum absolute atomic E-state index is 5.83. The summed E-state index contributed by atoms with van der Waals surface area (Å²) in [6.45, 7) is 5.88. The summed E-state index contributed by atoms with van der Waals surface area (Å²) in [5, 5.41) is 8.02. The molecule has 0 fully saturated rings. The minimum atomic E-state index is 0.612. The summed E-state index contributed by atoms with van der Waals surface area (Å²) in [6.07, 6.45) is 3.35. The molecule has 1 N–H and O–H groups in total. The molecule has 0 radical (unpaired) electrons. The minimum absolute atomic E-state index is 0.612. The summed E-state index contributed by atoms with van der Waals surface area (Å²) in [5.74, 6) is 0.787. The summed E-state index contributed by atoms with van der Waals surface area (Å²) in [6, 6.07) is 4.01. The Bertz CT molecular complexity index is 507. The Morgan fingerprint density at radius 3 is 2.82 bits per heavy atom. The molecule has 0 bridgehead atoms. The number of hydrogen-bond acceptors (Lipinski definition) is 3. The van der Waals surface area contributed by atoms with Crippen molar-refractivity contribution >= 4 is 11.6 Å². The van der Waals surface area contributed by atoms with E-state index in [-0.39, 0.29) is 0 Å². The lowest BCUT2D eigenvalue weighted by molar-refractivity contribution is 0.717. The van der Waals surface area contributed by atoms with Gasteiger partial charge in [-0.25, -0.2) is 9.67 Å². The van der Waals surface area contributed by atoms with Gasteiger partial charge < -0.3 is 5.32 Å². The van der Waals surface area contributed by atoms with E-state index in [1.165, 1.54) is 5.56 Å². The van der Waals surface area contributed by atoms with E-state index in [2.05, 4.69) is 28.4 Å². The number of nitrogens with one attached hydrogen (secondary N) is 1. The van der Waals surface area contributed by atoms with Gasteiger partial charge in [0.25, 0.3) is 0 Å². The molecule has 17 heavy (non-hydrogen) atoms. The van der Waals surface area contributed by atoms with Crippen LogP contribution < -0.4 is 5.32 Å². The Morgan fingerprint density at radius 2 is 2.24 bits per heavy atom. The molecule has 0 aliphatic rings. The fourth-order valence-corrected chi connectivity index (χ4v) is 1.71. The number of halogens is 1. The predicted molar refractivity (Wildman–Crippen MR) is 68.5 cm³/mol. The van der Waals surface area contributed by atoms with Crippen molar-refractivity contribution in [3.8, 4) is 5.82 Å². The van der Waals surface area contributed by atoms with Crippen molar-refractivity contribution in [1.82, 2.24) is 20.1 Å². The number of hydrogen-bond donors (Lipinski definition) is 1. The first-order chi connectivity index (χ1) is 8.20. The topological polar surface area (TPSA) is 42.7 Å². The second-order valence-electron chi connectivity index (χ2n) is 3.80. The summed E-state index contributed by atoms with van der Waals surface area (Å²) in [5.41, 5.74) is 2.21. The minimum Gasteiger partial charge on any atom is -0.313 e. The van der Waals surface area contributed by atoms with Crippen molar-refractivity contribution < 1.29 is 0 Å². The maximum Gasteiger partial charge on any atom is 0.153 e. The SMILES string of the molecule is CCNCc1ccc(-n2cc(Cl)cn2)nc1C. The van der Waals surface area contributed by atoms with Crippen LogP contribution in [-0.4, -0.2) is 21.3 Å². The van der Waals surface area contributed by atoms with Gasteiger partial charge in [-0.05, 0) is 25.1 Å². The van der Waals surface area contributed by atoms with Gasteiger partial charge in [0.05, 0.1) is 17.4 Å². The molecule has 2 aromatic rings. The van der Waals surface area contributed by atoms with Gasteiger partial charge >= 0.3 is 0 Å². The maximum atomic E-state index is 5.83. The van der Waals surface area contributed by atoms with Gasteiger partial charge in [-0.2, -0.15) is 5.10 Å². The van der Waals surface area contributed by atoms with Gasteiger partial charge in [0.2, 0.25) is 0 Å². The molecule has 0 aromatic carbocycles. The van der Waals surface area contributed by atoms with Crippen molar-refractivity contribution in [1.29, 1.82) is 0 Å². The molecule has 0 spiro atoms.